The van der Waals surface area contributed by atoms with Crippen molar-refractivity contribution in [1.82, 2.24) is 0 Å². The first kappa shape index (κ1) is 13.8. The minimum Gasteiger partial charge on any atom is -0.385 e. The third-order valence-electron chi connectivity index (χ3n) is 1.66. The second-order valence-corrected chi connectivity index (χ2v) is 3.72. The Morgan fingerprint density at radius 1 is 1.36 bits per heavy atom. The van der Waals surface area contributed by atoms with Gasteiger partial charge in [-0.25, -0.2) is 0 Å². The Balaban J connectivity index is 3.22. The van der Waals surface area contributed by atoms with Gasteiger partial charge in [0.05, 0.1) is 0 Å². The number of hydrogen-bond donors (Lipinski definition) is 1. The Kier molecular flexibility index (Phi) is 9.19. The second kappa shape index (κ2) is 9.34. The summed E-state index contributed by atoms with van der Waals surface area (Å²) in [4.78, 5) is 19.3. The van der Waals surface area contributed by atoms with E-state index < -0.39 is 8.25 Å². The quantitative estimate of drug-likeness (QED) is 0.470. The van der Waals surface area contributed by atoms with E-state index in [-0.39, 0.29) is 12.4 Å². The van der Waals surface area contributed by atoms with Gasteiger partial charge in [0, 0.05) is 20.1 Å². The number of hydrogen-bond acceptors (Lipinski definition) is 4. The molecule has 0 saturated heterocycles. The third-order valence-corrected chi connectivity index (χ3v) is 2.05. The number of methoxy groups -OCH3 is 1. The van der Waals surface area contributed by atoms with Gasteiger partial charge in [0.2, 0.25) is 0 Å². The van der Waals surface area contributed by atoms with Crippen molar-refractivity contribution < 1.29 is 23.5 Å². The van der Waals surface area contributed by atoms with E-state index in [4.69, 9.17) is 9.63 Å². The molecule has 0 heterocycles. The van der Waals surface area contributed by atoms with Crippen molar-refractivity contribution in [2.24, 2.45) is 0 Å². The summed E-state index contributed by atoms with van der Waals surface area (Å²) in [5.74, 6) is -0.130. The topological polar surface area (TPSA) is 72.8 Å². The molecule has 0 aromatic carbocycles. The van der Waals surface area contributed by atoms with Crippen LogP contribution in [0.15, 0.2) is 0 Å². The van der Waals surface area contributed by atoms with Gasteiger partial charge in [-0.15, -0.1) is 0 Å². The lowest BCUT2D eigenvalue weighted by Crippen LogP contribution is -2.05. The Bertz CT molecular complexity index is 183. The Morgan fingerprint density at radius 3 is 2.64 bits per heavy atom. The zero-order valence-electron chi connectivity index (χ0n) is 8.32. The average molecular weight is 224 g/mol. The van der Waals surface area contributed by atoms with E-state index in [1.807, 2.05) is 0 Å². The maximum atomic E-state index is 11.0. The minimum atomic E-state index is -2.96. The van der Waals surface area contributed by atoms with Gasteiger partial charge in [0.15, 0.2) is 5.78 Å². The van der Waals surface area contributed by atoms with Crippen LogP contribution in [0.1, 0.15) is 25.7 Å². The van der Waals surface area contributed by atoms with Gasteiger partial charge >= 0.3 is 8.25 Å². The van der Waals surface area contributed by atoms with Crippen LogP contribution in [0.3, 0.4) is 0 Å². The number of ketones is 1. The number of Topliss-reactive ketones (excluding diaryl/α,β-unsaturated/α-hetero) is 1. The lowest BCUT2D eigenvalue weighted by Gasteiger charge is -2.00. The summed E-state index contributed by atoms with van der Waals surface area (Å²) in [5, 5.41) is 0. The van der Waals surface area contributed by atoms with Crippen molar-refractivity contribution in [2.45, 2.75) is 25.7 Å². The maximum absolute atomic E-state index is 11.0. The highest BCUT2D eigenvalue weighted by Gasteiger charge is 2.03. The van der Waals surface area contributed by atoms with Gasteiger partial charge in [0.25, 0.3) is 0 Å². The SMILES string of the molecule is COCCCCCC(=O)CO[PH](=O)O. The van der Waals surface area contributed by atoms with E-state index in [1.54, 1.807) is 7.11 Å². The van der Waals surface area contributed by atoms with Crippen LogP contribution in [0.2, 0.25) is 0 Å². The summed E-state index contributed by atoms with van der Waals surface area (Å²) in [6.07, 6.45) is 3.03. The summed E-state index contributed by atoms with van der Waals surface area (Å²) >= 11 is 0. The molecule has 84 valence electrons. The molecule has 0 aliphatic heterocycles. The van der Waals surface area contributed by atoms with Gasteiger partial charge in [-0.3, -0.25) is 9.36 Å². The fraction of sp³-hybridized carbons (Fsp3) is 0.875. The van der Waals surface area contributed by atoms with Gasteiger partial charge < -0.3 is 14.2 Å². The first-order valence-corrected chi connectivity index (χ1v) is 5.79. The minimum absolute atomic E-state index is 0.130. The molecule has 0 aromatic heterocycles. The molecule has 0 saturated carbocycles. The van der Waals surface area contributed by atoms with Crippen molar-refractivity contribution >= 4 is 14.0 Å². The van der Waals surface area contributed by atoms with E-state index >= 15 is 0 Å². The highest BCUT2D eigenvalue weighted by Crippen LogP contribution is 2.14. The van der Waals surface area contributed by atoms with Crippen molar-refractivity contribution in [3.8, 4) is 0 Å². The Hall–Kier alpha value is -0.220. The maximum Gasteiger partial charge on any atom is 0.317 e. The third kappa shape index (κ3) is 9.86. The molecule has 0 aromatic rings. The number of carbonyl (C=O) groups is 1. The van der Waals surface area contributed by atoms with Crippen LogP contribution in [-0.4, -0.2) is 31.0 Å². The molecular formula is C8H17O5P. The predicted molar refractivity (Wildman–Crippen MR) is 52.5 cm³/mol. The fourth-order valence-corrected chi connectivity index (χ4v) is 1.24. The van der Waals surface area contributed by atoms with E-state index in [2.05, 4.69) is 4.52 Å². The van der Waals surface area contributed by atoms with Crippen LogP contribution in [0.25, 0.3) is 0 Å². The molecule has 0 fully saturated rings. The molecule has 1 unspecified atom stereocenters. The van der Waals surface area contributed by atoms with Crippen molar-refractivity contribution in [1.29, 1.82) is 0 Å². The van der Waals surface area contributed by atoms with E-state index in [9.17, 15) is 9.36 Å². The van der Waals surface area contributed by atoms with E-state index in [0.717, 1.165) is 19.3 Å². The largest absolute Gasteiger partial charge is 0.385 e. The molecule has 0 aliphatic carbocycles. The van der Waals surface area contributed by atoms with Crippen molar-refractivity contribution in [3.05, 3.63) is 0 Å². The van der Waals surface area contributed by atoms with Crippen LogP contribution in [0, 0.1) is 0 Å². The average Bonchev–Trinajstić information content (AvgIpc) is 2.14. The van der Waals surface area contributed by atoms with Crippen LogP contribution < -0.4 is 0 Å². The van der Waals surface area contributed by atoms with Crippen molar-refractivity contribution in [2.75, 3.05) is 20.3 Å². The first-order valence-electron chi connectivity index (χ1n) is 4.53. The summed E-state index contributed by atoms with van der Waals surface area (Å²) in [6.45, 7) is 0.452. The normalized spacial score (nSPS) is 12.7. The summed E-state index contributed by atoms with van der Waals surface area (Å²) in [6, 6.07) is 0. The molecule has 0 aliphatic rings. The molecule has 5 nitrogen and oxygen atoms in total. The number of rotatable bonds is 9. The van der Waals surface area contributed by atoms with Gasteiger partial charge in [-0.05, 0) is 12.8 Å². The zero-order valence-corrected chi connectivity index (χ0v) is 9.32. The standard InChI is InChI=1S/C8H17O5P/c1-12-6-4-2-3-5-8(9)7-13-14(10)11/h14H,2-7H2,1H3,(H,10,11). The molecule has 0 spiro atoms. The molecule has 0 rings (SSSR count). The molecular weight excluding hydrogens is 207 g/mol. The van der Waals surface area contributed by atoms with Gasteiger partial charge in [-0.2, -0.15) is 0 Å². The fourth-order valence-electron chi connectivity index (χ4n) is 0.960. The van der Waals surface area contributed by atoms with Gasteiger partial charge in [-0.1, -0.05) is 6.42 Å². The first-order chi connectivity index (χ1) is 6.66. The molecule has 6 heteroatoms. The summed E-state index contributed by atoms with van der Waals surface area (Å²) in [7, 11) is -1.32. The van der Waals surface area contributed by atoms with E-state index in [1.165, 1.54) is 0 Å². The molecule has 1 atom stereocenters. The van der Waals surface area contributed by atoms with Crippen molar-refractivity contribution in [3.63, 3.8) is 0 Å². The Labute approximate surface area is 84.4 Å². The monoisotopic (exact) mass is 224 g/mol. The molecule has 1 N–H and O–H groups in total. The van der Waals surface area contributed by atoms with Gasteiger partial charge in [0.1, 0.15) is 6.61 Å². The van der Waals surface area contributed by atoms with Crippen LogP contribution in [0.5, 0.6) is 0 Å². The lowest BCUT2D eigenvalue weighted by atomic mass is 10.1. The second-order valence-electron chi connectivity index (χ2n) is 2.90. The van der Waals surface area contributed by atoms with Crippen LogP contribution in [-0.2, 0) is 18.6 Å². The van der Waals surface area contributed by atoms with E-state index in [0.29, 0.717) is 13.0 Å². The van der Waals surface area contributed by atoms with Crippen LogP contribution >= 0.6 is 8.25 Å². The number of ether oxygens (including phenoxy) is 1. The smallest absolute Gasteiger partial charge is 0.317 e. The highest BCUT2D eigenvalue weighted by atomic mass is 31.1. The predicted octanol–water partition coefficient (Wildman–Crippen LogP) is 1.16. The molecule has 0 radical (unpaired) electrons. The molecule has 14 heavy (non-hydrogen) atoms. The highest BCUT2D eigenvalue weighted by molar-refractivity contribution is 7.32. The summed E-state index contributed by atoms with van der Waals surface area (Å²) < 4.78 is 19.3. The number of unbranched alkanes of at least 4 members (excludes halogenated alkanes) is 2. The molecule has 0 amide bonds. The molecule has 0 bridgehead atoms. The zero-order chi connectivity index (χ0) is 10.8. The lowest BCUT2D eigenvalue weighted by molar-refractivity contribution is -0.121. The van der Waals surface area contributed by atoms with Crippen LogP contribution in [0.4, 0.5) is 0 Å². The number of carbonyl (C=O) groups excluding carboxylic acids is 1. The Morgan fingerprint density at radius 2 is 2.07 bits per heavy atom. The summed E-state index contributed by atoms with van der Waals surface area (Å²) in [5.41, 5.74) is 0.